The van der Waals surface area contributed by atoms with Gasteiger partial charge in [0.15, 0.2) is 0 Å². The molecule has 0 aromatic rings. The van der Waals surface area contributed by atoms with Crippen LogP contribution in [0.15, 0.2) is 0 Å². The second kappa shape index (κ2) is 5.86. The molecule has 86 valence electrons. The van der Waals surface area contributed by atoms with Crippen molar-refractivity contribution in [2.45, 2.75) is 51.6 Å². The SMILES string of the molecule is C[C@]1(C[C@H](O)CBr)CCCC[C@H]1CC#N. The number of nitriles is 1. The zero-order valence-electron chi connectivity index (χ0n) is 9.38. The summed E-state index contributed by atoms with van der Waals surface area (Å²) in [5.74, 6) is 0.477. The van der Waals surface area contributed by atoms with E-state index in [4.69, 9.17) is 5.26 Å². The van der Waals surface area contributed by atoms with E-state index in [0.29, 0.717) is 17.7 Å². The van der Waals surface area contributed by atoms with E-state index in [2.05, 4.69) is 28.9 Å². The molecule has 1 fully saturated rings. The monoisotopic (exact) mass is 273 g/mol. The zero-order chi connectivity index (χ0) is 11.3. The molecule has 2 nitrogen and oxygen atoms in total. The summed E-state index contributed by atoms with van der Waals surface area (Å²) in [7, 11) is 0. The minimum Gasteiger partial charge on any atom is -0.392 e. The van der Waals surface area contributed by atoms with E-state index < -0.39 is 0 Å². The standard InChI is InChI=1S/C12H20BrNO/c1-12(8-11(15)9-13)6-3-2-4-10(12)5-7-14/h10-11,15H,2-6,8-9H2,1H3/t10-,11-,12+/m0/s1. The van der Waals surface area contributed by atoms with Crippen LogP contribution in [0.4, 0.5) is 0 Å². The van der Waals surface area contributed by atoms with Gasteiger partial charge in [-0.05, 0) is 30.6 Å². The van der Waals surface area contributed by atoms with Crippen molar-refractivity contribution in [2.75, 3.05) is 5.33 Å². The second-order valence-electron chi connectivity index (χ2n) is 4.97. The summed E-state index contributed by atoms with van der Waals surface area (Å²) in [6.07, 6.45) is 5.99. The van der Waals surface area contributed by atoms with Crippen molar-refractivity contribution in [3.8, 4) is 6.07 Å². The van der Waals surface area contributed by atoms with Gasteiger partial charge in [0.1, 0.15) is 0 Å². The van der Waals surface area contributed by atoms with Gasteiger partial charge < -0.3 is 5.11 Å². The van der Waals surface area contributed by atoms with Crippen LogP contribution in [0.25, 0.3) is 0 Å². The summed E-state index contributed by atoms with van der Waals surface area (Å²) >= 11 is 3.31. The van der Waals surface area contributed by atoms with Crippen molar-refractivity contribution in [3.05, 3.63) is 0 Å². The van der Waals surface area contributed by atoms with Crippen LogP contribution in [0.5, 0.6) is 0 Å². The first-order valence-electron chi connectivity index (χ1n) is 5.73. The number of hydrogen-bond acceptors (Lipinski definition) is 2. The molecule has 3 atom stereocenters. The van der Waals surface area contributed by atoms with Gasteiger partial charge in [-0.3, -0.25) is 0 Å². The third kappa shape index (κ3) is 3.46. The molecule has 0 unspecified atom stereocenters. The molecule has 0 aliphatic heterocycles. The molecule has 1 saturated carbocycles. The van der Waals surface area contributed by atoms with Gasteiger partial charge in [-0.1, -0.05) is 35.7 Å². The molecular weight excluding hydrogens is 254 g/mol. The number of alkyl halides is 1. The third-order valence-corrected chi connectivity index (χ3v) is 4.50. The van der Waals surface area contributed by atoms with Gasteiger partial charge in [-0.15, -0.1) is 0 Å². The molecule has 1 aliphatic rings. The smallest absolute Gasteiger partial charge is 0.0642 e. The lowest BCUT2D eigenvalue weighted by molar-refractivity contribution is 0.0488. The Balaban J connectivity index is 2.63. The number of nitrogens with zero attached hydrogens (tertiary/aromatic N) is 1. The Labute approximate surface area is 101 Å². The molecule has 0 aromatic carbocycles. The minimum absolute atomic E-state index is 0.168. The van der Waals surface area contributed by atoms with Gasteiger partial charge in [0.2, 0.25) is 0 Å². The maximum Gasteiger partial charge on any atom is 0.0642 e. The van der Waals surface area contributed by atoms with Crippen LogP contribution in [0.3, 0.4) is 0 Å². The van der Waals surface area contributed by atoms with Gasteiger partial charge in [0.05, 0.1) is 12.2 Å². The third-order valence-electron chi connectivity index (χ3n) is 3.75. The van der Waals surface area contributed by atoms with Crippen LogP contribution in [-0.4, -0.2) is 16.5 Å². The predicted octanol–water partition coefficient (Wildman–Crippen LogP) is 3.24. The molecule has 1 aliphatic carbocycles. The normalized spacial score (nSPS) is 33.3. The predicted molar refractivity (Wildman–Crippen MR) is 64.7 cm³/mol. The van der Waals surface area contributed by atoms with E-state index in [9.17, 15) is 5.11 Å². The van der Waals surface area contributed by atoms with E-state index >= 15 is 0 Å². The Bertz CT molecular complexity index is 238. The van der Waals surface area contributed by atoms with Crippen molar-refractivity contribution in [1.82, 2.24) is 0 Å². The van der Waals surface area contributed by atoms with Gasteiger partial charge in [0.25, 0.3) is 0 Å². The van der Waals surface area contributed by atoms with Crippen LogP contribution >= 0.6 is 15.9 Å². The van der Waals surface area contributed by atoms with Gasteiger partial charge in [-0.2, -0.15) is 5.26 Å². The van der Waals surface area contributed by atoms with Crippen LogP contribution in [-0.2, 0) is 0 Å². The summed E-state index contributed by atoms with van der Waals surface area (Å²) in [4.78, 5) is 0. The van der Waals surface area contributed by atoms with Crippen molar-refractivity contribution in [2.24, 2.45) is 11.3 Å². The van der Waals surface area contributed by atoms with Crippen LogP contribution in [0.2, 0.25) is 0 Å². The number of hydrogen-bond donors (Lipinski definition) is 1. The molecular formula is C12H20BrNO. The topological polar surface area (TPSA) is 44.0 Å². The fourth-order valence-electron chi connectivity index (χ4n) is 2.79. The van der Waals surface area contributed by atoms with E-state index in [0.717, 1.165) is 19.3 Å². The first kappa shape index (κ1) is 13.0. The maximum atomic E-state index is 9.73. The molecule has 0 radical (unpaired) electrons. The Morgan fingerprint density at radius 1 is 1.60 bits per heavy atom. The largest absolute Gasteiger partial charge is 0.392 e. The summed E-state index contributed by atoms with van der Waals surface area (Å²) in [6.45, 7) is 2.24. The summed E-state index contributed by atoms with van der Waals surface area (Å²) in [6, 6.07) is 2.29. The first-order valence-corrected chi connectivity index (χ1v) is 6.85. The molecule has 0 amide bonds. The minimum atomic E-state index is -0.269. The Hall–Kier alpha value is -0.0700. The average Bonchev–Trinajstić information content (AvgIpc) is 2.21. The van der Waals surface area contributed by atoms with Crippen molar-refractivity contribution in [3.63, 3.8) is 0 Å². The highest BCUT2D eigenvalue weighted by Gasteiger charge is 2.37. The maximum absolute atomic E-state index is 9.73. The highest BCUT2D eigenvalue weighted by molar-refractivity contribution is 9.09. The lowest BCUT2D eigenvalue weighted by Crippen LogP contribution is -2.34. The number of aliphatic hydroxyl groups is 1. The average molecular weight is 274 g/mol. The molecule has 0 bridgehead atoms. The molecule has 15 heavy (non-hydrogen) atoms. The van der Waals surface area contributed by atoms with Crippen LogP contribution in [0.1, 0.15) is 45.4 Å². The zero-order valence-corrected chi connectivity index (χ0v) is 11.0. The van der Waals surface area contributed by atoms with Gasteiger partial charge in [0, 0.05) is 11.8 Å². The quantitative estimate of drug-likeness (QED) is 0.800. The van der Waals surface area contributed by atoms with E-state index in [1.54, 1.807) is 0 Å². The Morgan fingerprint density at radius 2 is 2.33 bits per heavy atom. The Morgan fingerprint density at radius 3 is 2.93 bits per heavy atom. The van der Waals surface area contributed by atoms with Crippen molar-refractivity contribution in [1.29, 1.82) is 5.26 Å². The second-order valence-corrected chi connectivity index (χ2v) is 5.62. The van der Waals surface area contributed by atoms with Crippen LogP contribution < -0.4 is 0 Å². The number of aliphatic hydroxyl groups excluding tert-OH is 1. The number of rotatable bonds is 4. The molecule has 0 aromatic heterocycles. The fourth-order valence-corrected chi connectivity index (χ4v) is 3.02. The molecule has 1 rings (SSSR count). The van der Waals surface area contributed by atoms with E-state index in [1.165, 1.54) is 12.8 Å². The van der Waals surface area contributed by atoms with E-state index in [1.807, 2.05) is 0 Å². The summed E-state index contributed by atoms with van der Waals surface area (Å²) < 4.78 is 0. The summed E-state index contributed by atoms with van der Waals surface area (Å²) in [5, 5.41) is 19.2. The molecule has 1 N–H and O–H groups in total. The van der Waals surface area contributed by atoms with Gasteiger partial charge in [-0.25, -0.2) is 0 Å². The number of halogens is 1. The Kier molecular flexibility index (Phi) is 5.08. The van der Waals surface area contributed by atoms with Gasteiger partial charge >= 0.3 is 0 Å². The van der Waals surface area contributed by atoms with Crippen molar-refractivity contribution >= 4 is 15.9 Å². The lowest BCUT2D eigenvalue weighted by atomic mass is 9.64. The molecule has 0 saturated heterocycles. The molecule has 0 spiro atoms. The lowest BCUT2D eigenvalue weighted by Gasteiger charge is -2.41. The first-order chi connectivity index (χ1) is 7.12. The van der Waals surface area contributed by atoms with Crippen molar-refractivity contribution < 1.29 is 5.11 Å². The van der Waals surface area contributed by atoms with Crippen LogP contribution in [0, 0.1) is 22.7 Å². The molecule has 0 heterocycles. The highest BCUT2D eigenvalue weighted by atomic mass is 79.9. The fraction of sp³-hybridized carbons (Fsp3) is 0.917. The molecule has 3 heteroatoms. The summed E-state index contributed by atoms with van der Waals surface area (Å²) in [5.41, 5.74) is 0.168. The highest BCUT2D eigenvalue weighted by Crippen LogP contribution is 2.45. The van der Waals surface area contributed by atoms with E-state index in [-0.39, 0.29) is 11.5 Å².